The molecular formula is C18H25ClN2O2. The average molecular weight is 337 g/mol. The van der Waals surface area contributed by atoms with E-state index in [1.807, 2.05) is 29.2 Å². The van der Waals surface area contributed by atoms with Gasteiger partial charge in [-0.05, 0) is 49.9 Å². The number of halogens is 1. The second-order valence-corrected chi connectivity index (χ2v) is 6.14. The molecule has 2 atom stereocenters. The van der Waals surface area contributed by atoms with E-state index in [1.165, 1.54) is 0 Å². The van der Waals surface area contributed by atoms with Gasteiger partial charge in [0.2, 0.25) is 0 Å². The Morgan fingerprint density at radius 1 is 1.26 bits per heavy atom. The Kier molecular flexibility index (Phi) is 6.48. The van der Waals surface area contributed by atoms with Crippen LogP contribution >= 0.6 is 12.4 Å². The number of hydrogen-bond donors (Lipinski definition) is 1. The summed E-state index contributed by atoms with van der Waals surface area (Å²) in [7, 11) is 0. The Bertz CT molecular complexity index is 536. The van der Waals surface area contributed by atoms with Crippen LogP contribution in [0.25, 0.3) is 0 Å². The fraction of sp³-hybridized carbons (Fsp3) is 0.500. The van der Waals surface area contributed by atoms with Gasteiger partial charge in [-0.2, -0.15) is 0 Å². The molecule has 2 heterocycles. The Labute approximate surface area is 144 Å². The molecule has 3 rings (SSSR count). The number of carbonyl (C=O) groups is 1. The Morgan fingerprint density at radius 3 is 2.57 bits per heavy atom. The number of likely N-dealkylation sites (tertiary alicyclic amines) is 1. The van der Waals surface area contributed by atoms with E-state index in [0.29, 0.717) is 17.9 Å². The molecule has 0 aromatic heterocycles. The van der Waals surface area contributed by atoms with Gasteiger partial charge in [0.25, 0.3) is 5.91 Å². The normalized spacial score (nSPS) is 23.4. The van der Waals surface area contributed by atoms with Gasteiger partial charge in [0, 0.05) is 13.1 Å². The number of carbonyl (C=O) groups excluding carboxylic acids is 1. The number of nitrogens with one attached hydrogen (secondary N) is 1. The molecule has 2 saturated heterocycles. The Balaban J connectivity index is 0.00000192. The van der Waals surface area contributed by atoms with Crippen LogP contribution in [-0.4, -0.2) is 43.6 Å². The summed E-state index contributed by atoms with van der Waals surface area (Å²) in [4.78, 5) is 14.9. The molecule has 0 unspecified atom stereocenters. The van der Waals surface area contributed by atoms with Crippen LogP contribution in [0.3, 0.4) is 0 Å². The minimum absolute atomic E-state index is 0. The number of rotatable bonds is 4. The molecule has 2 fully saturated rings. The number of amides is 1. The lowest BCUT2D eigenvalue weighted by atomic mass is 9.92. The third-order valence-electron chi connectivity index (χ3n) is 4.78. The number of ether oxygens (including phenoxy) is 1. The van der Waals surface area contributed by atoms with Crippen molar-refractivity contribution < 1.29 is 9.53 Å². The van der Waals surface area contributed by atoms with Crippen molar-refractivity contribution in [2.75, 3.05) is 32.8 Å². The molecule has 1 amide bonds. The highest BCUT2D eigenvalue weighted by molar-refractivity contribution is 5.97. The molecule has 0 saturated carbocycles. The summed E-state index contributed by atoms with van der Waals surface area (Å²) in [6.07, 6.45) is 3.89. The van der Waals surface area contributed by atoms with E-state index in [1.54, 1.807) is 6.08 Å². The van der Waals surface area contributed by atoms with Crippen LogP contribution in [-0.2, 0) is 0 Å². The number of para-hydroxylation sites is 1. The molecule has 0 bridgehead atoms. The van der Waals surface area contributed by atoms with Gasteiger partial charge < -0.3 is 15.0 Å². The van der Waals surface area contributed by atoms with Crippen molar-refractivity contribution in [2.45, 2.75) is 12.8 Å². The van der Waals surface area contributed by atoms with Crippen molar-refractivity contribution in [3.63, 3.8) is 0 Å². The number of hydrogen-bond acceptors (Lipinski definition) is 3. The van der Waals surface area contributed by atoms with E-state index in [0.717, 1.165) is 50.9 Å². The average Bonchev–Trinajstić information content (AvgIpc) is 2.91. The quantitative estimate of drug-likeness (QED) is 0.860. The van der Waals surface area contributed by atoms with Crippen molar-refractivity contribution >= 4 is 18.3 Å². The van der Waals surface area contributed by atoms with Crippen LogP contribution in [0, 0.1) is 11.8 Å². The molecule has 2 aliphatic heterocycles. The van der Waals surface area contributed by atoms with Crippen molar-refractivity contribution in [1.29, 1.82) is 0 Å². The van der Waals surface area contributed by atoms with Crippen LogP contribution < -0.4 is 10.1 Å². The van der Waals surface area contributed by atoms with Gasteiger partial charge in [-0.3, -0.25) is 4.79 Å². The first-order valence-corrected chi connectivity index (χ1v) is 8.12. The van der Waals surface area contributed by atoms with Crippen molar-refractivity contribution in [1.82, 2.24) is 10.2 Å². The zero-order valence-electron chi connectivity index (χ0n) is 13.4. The third-order valence-corrected chi connectivity index (χ3v) is 4.78. The summed E-state index contributed by atoms with van der Waals surface area (Å²) in [5, 5.41) is 3.47. The molecule has 5 heteroatoms. The first-order valence-electron chi connectivity index (χ1n) is 8.12. The first kappa shape index (κ1) is 17.8. The van der Waals surface area contributed by atoms with Gasteiger partial charge in [0.15, 0.2) is 0 Å². The molecule has 1 N–H and O–H groups in total. The first-order chi connectivity index (χ1) is 10.8. The van der Waals surface area contributed by atoms with Crippen LogP contribution in [0.1, 0.15) is 23.2 Å². The van der Waals surface area contributed by atoms with Gasteiger partial charge in [-0.25, -0.2) is 0 Å². The largest absolute Gasteiger partial charge is 0.489 e. The van der Waals surface area contributed by atoms with Crippen LogP contribution in [0.5, 0.6) is 5.75 Å². The van der Waals surface area contributed by atoms with Gasteiger partial charge in [-0.1, -0.05) is 24.8 Å². The smallest absolute Gasteiger partial charge is 0.257 e. The maximum Gasteiger partial charge on any atom is 0.257 e. The lowest BCUT2D eigenvalue weighted by molar-refractivity contribution is 0.0754. The standard InChI is InChI=1S/C18H24N2O2.ClH/c1-2-11-22-17-6-4-3-5-16(17)18(21)20-9-7-14-12-19-13-15(14)8-10-20;/h2-6,14-15,19H,1,7-13H2;1H/t14-,15+;. The molecule has 0 spiro atoms. The Morgan fingerprint density at radius 2 is 1.91 bits per heavy atom. The van der Waals surface area contributed by atoms with Crippen molar-refractivity contribution in [2.24, 2.45) is 11.8 Å². The highest BCUT2D eigenvalue weighted by Crippen LogP contribution is 2.28. The molecule has 1 aromatic carbocycles. The Hall–Kier alpha value is -1.52. The second-order valence-electron chi connectivity index (χ2n) is 6.14. The van der Waals surface area contributed by atoms with E-state index >= 15 is 0 Å². The van der Waals surface area contributed by atoms with Crippen LogP contribution in [0.15, 0.2) is 36.9 Å². The predicted octanol–water partition coefficient (Wildman–Crippen LogP) is 2.74. The molecule has 4 nitrogen and oxygen atoms in total. The zero-order chi connectivity index (χ0) is 15.4. The van der Waals surface area contributed by atoms with Gasteiger partial charge in [0.1, 0.15) is 12.4 Å². The van der Waals surface area contributed by atoms with Gasteiger partial charge in [0.05, 0.1) is 5.56 Å². The number of nitrogens with zero attached hydrogens (tertiary/aromatic N) is 1. The van der Waals surface area contributed by atoms with Crippen LogP contribution in [0.2, 0.25) is 0 Å². The van der Waals surface area contributed by atoms with E-state index < -0.39 is 0 Å². The van der Waals surface area contributed by atoms with E-state index in [-0.39, 0.29) is 18.3 Å². The van der Waals surface area contributed by atoms with E-state index in [2.05, 4.69) is 11.9 Å². The fourth-order valence-electron chi connectivity index (χ4n) is 3.51. The summed E-state index contributed by atoms with van der Waals surface area (Å²) >= 11 is 0. The zero-order valence-corrected chi connectivity index (χ0v) is 14.2. The summed E-state index contributed by atoms with van der Waals surface area (Å²) in [6, 6.07) is 7.50. The van der Waals surface area contributed by atoms with E-state index in [4.69, 9.17) is 4.74 Å². The maximum atomic E-state index is 12.9. The molecular weight excluding hydrogens is 312 g/mol. The third kappa shape index (κ3) is 4.06. The summed E-state index contributed by atoms with van der Waals surface area (Å²) in [6.45, 7) is 7.97. The summed E-state index contributed by atoms with van der Waals surface area (Å²) in [5.74, 6) is 2.20. The van der Waals surface area contributed by atoms with Crippen molar-refractivity contribution in [3.8, 4) is 5.75 Å². The molecule has 0 aliphatic carbocycles. The van der Waals surface area contributed by atoms with Crippen molar-refractivity contribution in [3.05, 3.63) is 42.5 Å². The minimum atomic E-state index is 0. The fourth-order valence-corrected chi connectivity index (χ4v) is 3.51. The second kappa shape index (κ2) is 8.37. The van der Waals surface area contributed by atoms with Gasteiger partial charge >= 0.3 is 0 Å². The molecule has 23 heavy (non-hydrogen) atoms. The topological polar surface area (TPSA) is 41.6 Å². The highest BCUT2D eigenvalue weighted by atomic mass is 35.5. The van der Waals surface area contributed by atoms with E-state index in [9.17, 15) is 4.79 Å². The summed E-state index contributed by atoms with van der Waals surface area (Å²) < 4.78 is 5.63. The minimum Gasteiger partial charge on any atom is -0.489 e. The highest BCUT2D eigenvalue weighted by Gasteiger charge is 2.32. The predicted molar refractivity (Wildman–Crippen MR) is 94.4 cm³/mol. The van der Waals surface area contributed by atoms with Gasteiger partial charge in [-0.15, -0.1) is 12.4 Å². The molecule has 2 aliphatic rings. The summed E-state index contributed by atoms with van der Waals surface area (Å²) in [5.41, 5.74) is 0.662. The van der Waals surface area contributed by atoms with Crippen LogP contribution in [0.4, 0.5) is 0 Å². The monoisotopic (exact) mass is 336 g/mol. The molecule has 1 aromatic rings. The lowest BCUT2D eigenvalue weighted by Crippen LogP contribution is -2.33. The SMILES string of the molecule is C=CCOc1ccccc1C(=O)N1CC[C@@H]2CNC[C@@H]2CC1.Cl. The number of benzene rings is 1. The number of fused-ring (bicyclic) bond motifs is 1. The molecule has 0 radical (unpaired) electrons. The maximum absolute atomic E-state index is 12.9. The molecule has 126 valence electrons. The lowest BCUT2D eigenvalue weighted by Gasteiger charge is -2.22.